The summed E-state index contributed by atoms with van der Waals surface area (Å²) in [5.41, 5.74) is 12.4. The van der Waals surface area contributed by atoms with Crippen molar-refractivity contribution < 1.29 is 0 Å². The summed E-state index contributed by atoms with van der Waals surface area (Å²) in [7, 11) is 0. The van der Waals surface area contributed by atoms with Crippen molar-refractivity contribution in [1.82, 2.24) is 9.13 Å². The van der Waals surface area contributed by atoms with Crippen LogP contribution in [-0.4, -0.2) is 9.13 Å². The molecule has 0 saturated carbocycles. The summed E-state index contributed by atoms with van der Waals surface area (Å²) in [5.74, 6) is 38.2. The maximum atomic E-state index is 5.24. The lowest BCUT2D eigenvalue weighted by molar-refractivity contribution is 1.14. The maximum Gasteiger partial charge on any atom is 0.0622 e. The quantitative estimate of drug-likeness (QED) is 0.156. The van der Waals surface area contributed by atoms with E-state index < -0.39 is 0 Å². The zero-order valence-corrected chi connectivity index (χ0v) is 36.5. The molecule has 2 aromatic heterocycles. The van der Waals surface area contributed by atoms with E-state index in [0.717, 1.165) is 91.9 Å². The number of benzene rings is 7. The van der Waals surface area contributed by atoms with Gasteiger partial charge >= 0.3 is 0 Å². The van der Waals surface area contributed by atoms with E-state index in [9.17, 15) is 0 Å². The highest BCUT2D eigenvalue weighted by Crippen LogP contribution is 2.42. The molecule has 284 valence electrons. The SMILES string of the molecule is C#CC#CC#CC#Cc1cc(-n2c3ccc(-c4ccc5c(c4)c4ccccc4n5-c4cc(C)c(Br)cc4C#CC#CC#CC#C)cc3c3c4ccccc4ccc32)c(C)cc1Br. The van der Waals surface area contributed by atoms with Gasteiger partial charge in [0.1, 0.15) is 0 Å². The van der Waals surface area contributed by atoms with Gasteiger partial charge in [-0.3, -0.25) is 0 Å². The number of aryl methyl sites for hydroxylation is 2. The third kappa shape index (κ3) is 7.16. The molecule has 0 saturated heterocycles. The molecule has 62 heavy (non-hydrogen) atoms. The van der Waals surface area contributed by atoms with Crippen LogP contribution in [0.25, 0.3) is 76.9 Å². The van der Waals surface area contributed by atoms with Gasteiger partial charge in [0.15, 0.2) is 0 Å². The van der Waals surface area contributed by atoms with Gasteiger partial charge in [-0.1, -0.05) is 88.4 Å². The summed E-state index contributed by atoms with van der Waals surface area (Å²) >= 11 is 7.47. The van der Waals surface area contributed by atoms with Gasteiger partial charge in [0.2, 0.25) is 0 Å². The van der Waals surface area contributed by atoms with Crippen LogP contribution in [0.1, 0.15) is 22.3 Å². The predicted octanol–water partition coefficient (Wildman–Crippen LogP) is 12.8. The Balaban J connectivity index is 1.24. The van der Waals surface area contributed by atoms with Crippen LogP contribution in [0.2, 0.25) is 0 Å². The van der Waals surface area contributed by atoms with Crippen molar-refractivity contribution in [3.8, 4) is 118 Å². The van der Waals surface area contributed by atoms with E-state index in [4.69, 9.17) is 12.8 Å². The third-order valence-electron chi connectivity index (χ3n) is 10.7. The van der Waals surface area contributed by atoms with E-state index in [2.05, 4.69) is 259 Å². The van der Waals surface area contributed by atoms with Crippen LogP contribution < -0.4 is 0 Å². The Morgan fingerprint density at radius 2 is 0.984 bits per heavy atom. The first-order valence-electron chi connectivity index (χ1n) is 19.4. The summed E-state index contributed by atoms with van der Waals surface area (Å²) in [4.78, 5) is 0. The van der Waals surface area contributed by atoms with Gasteiger partial charge in [0.25, 0.3) is 0 Å². The number of hydrogen-bond donors (Lipinski definition) is 0. The standard InChI is InChI=1S/C58H28Br2N2/c1-5-7-9-11-13-15-22-44-38-56(40(4)33-51(44)60)62-54-31-29-43(36-49(54)58-46-24-18-17-21-41(46)27-32-55(58)62)42-28-30-53-48(35-42)47-25-19-20-26-52(47)61(53)57-34-39(3)50(59)37-45(57)23-16-14-12-10-8-6-2/h1-2,17-21,24-38H,3-4H3. The van der Waals surface area contributed by atoms with Gasteiger partial charge in [0.05, 0.1) is 39.0 Å². The molecular formula is C58H28Br2N2. The van der Waals surface area contributed by atoms with Crippen LogP contribution in [0.3, 0.4) is 0 Å². The summed E-state index contributed by atoms with van der Waals surface area (Å²) in [6.45, 7) is 4.21. The molecule has 9 rings (SSSR count). The smallest absolute Gasteiger partial charge is 0.0622 e. The van der Waals surface area contributed by atoms with Crippen molar-refractivity contribution >= 4 is 86.2 Å². The third-order valence-corrected chi connectivity index (χ3v) is 12.3. The minimum atomic E-state index is 0.821. The molecule has 2 nitrogen and oxygen atoms in total. The zero-order chi connectivity index (χ0) is 42.7. The second kappa shape index (κ2) is 16.8. The molecule has 0 radical (unpaired) electrons. The fourth-order valence-electron chi connectivity index (χ4n) is 8.05. The topological polar surface area (TPSA) is 9.86 Å². The van der Waals surface area contributed by atoms with E-state index in [1.54, 1.807) is 0 Å². The van der Waals surface area contributed by atoms with Crippen molar-refractivity contribution in [2.24, 2.45) is 0 Å². The minimum Gasteiger partial charge on any atom is -0.309 e. The Kier molecular flexibility index (Phi) is 10.7. The van der Waals surface area contributed by atoms with Crippen LogP contribution >= 0.6 is 31.9 Å². The largest absolute Gasteiger partial charge is 0.309 e. The van der Waals surface area contributed by atoms with Gasteiger partial charge in [-0.15, -0.1) is 12.8 Å². The molecule has 0 bridgehead atoms. The number of para-hydroxylation sites is 1. The first-order valence-corrected chi connectivity index (χ1v) is 21.0. The molecule has 0 atom stereocenters. The highest BCUT2D eigenvalue weighted by molar-refractivity contribution is 9.10. The number of rotatable bonds is 3. The van der Waals surface area contributed by atoms with E-state index in [1.165, 1.54) is 16.2 Å². The van der Waals surface area contributed by atoms with Crippen LogP contribution in [0.4, 0.5) is 0 Å². The summed E-state index contributed by atoms with van der Waals surface area (Å²) in [6.07, 6.45) is 10.5. The average molecular weight is 913 g/mol. The number of hydrogen-bond acceptors (Lipinski definition) is 0. The van der Waals surface area contributed by atoms with Crippen LogP contribution in [0.5, 0.6) is 0 Å². The van der Waals surface area contributed by atoms with Crippen molar-refractivity contribution in [2.75, 3.05) is 0 Å². The molecule has 0 spiro atoms. The molecule has 2 heterocycles. The molecule has 0 aliphatic rings. The Labute approximate surface area is 377 Å². The number of fused-ring (bicyclic) bond motifs is 8. The normalized spacial score (nSPS) is 10.1. The molecule has 4 heteroatoms. The number of aromatic nitrogens is 2. The Bertz CT molecular complexity index is 3920. The highest BCUT2D eigenvalue weighted by atomic mass is 79.9. The lowest BCUT2D eigenvalue weighted by Crippen LogP contribution is -1.99. The van der Waals surface area contributed by atoms with Crippen molar-refractivity contribution in [2.45, 2.75) is 13.8 Å². The van der Waals surface area contributed by atoms with Gasteiger partial charge in [-0.05, 0) is 195 Å². The van der Waals surface area contributed by atoms with Crippen LogP contribution in [0, 0.1) is 110 Å². The highest BCUT2D eigenvalue weighted by Gasteiger charge is 2.20. The number of terminal acetylenes is 2. The number of nitrogens with zero attached hydrogens (tertiary/aromatic N) is 2. The summed E-state index contributed by atoms with van der Waals surface area (Å²) in [5, 5.41) is 7.01. The minimum absolute atomic E-state index is 0.821. The Morgan fingerprint density at radius 3 is 1.71 bits per heavy atom. The number of halogens is 2. The molecule has 0 aliphatic heterocycles. The molecule has 9 aromatic rings. The molecule has 7 aromatic carbocycles. The molecule has 0 unspecified atom stereocenters. The molecule has 0 aliphatic carbocycles. The zero-order valence-electron chi connectivity index (χ0n) is 33.4. The first-order chi connectivity index (χ1) is 30.4. The first kappa shape index (κ1) is 39.3. The van der Waals surface area contributed by atoms with Gasteiger partial charge in [0, 0.05) is 36.1 Å². The van der Waals surface area contributed by atoms with E-state index in [0.29, 0.717) is 0 Å². The molecule has 0 amide bonds. The summed E-state index contributed by atoms with van der Waals surface area (Å²) < 4.78 is 6.51. The van der Waals surface area contributed by atoms with Crippen LogP contribution in [0.15, 0.2) is 130 Å². The fraction of sp³-hybridized carbons (Fsp3) is 0.0345. The second-order valence-electron chi connectivity index (χ2n) is 14.4. The van der Waals surface area contributed by atoms with Crippen molar-refractivity contribution in [3.63, 3.8) is 0 Å². The molecule has 0 fully saturated rings. The molecular weight excluding hydrogens is 884 g/mol. The maximum absolute atomic E-state index is 5.24. The Morgan fingerprint density at radius 1 is 0.419 bits per heavy atom. The van der Waals surface area contributed by atoms with Gasteiger partial charge in [-0.2, -0.15) is 0 Å². The van der Waals surface area contributed by atoms with Crippen molar-refractivity contribution in [3.05, 3.63) is 153 Å². The Hall–Kier alpha value is -8.16. The van der Waals surface area contributed by atoms with E-state index in [1.807, 2.05) is 0 Å². The van der Waals surface area contributed by atoms with E-state index >= 15 is 0 Å². The van der Waals surface area contributed by atoms with Gasteiger partial charge < -0.3 is 9.13 Å². The lowest BCUT2D eigenvalue weighted by Gasteiger charge is -2.14. The van der Waals surface area contributed by atoms with Crippen molar-refractivity contribution in [1.29, 1.82) is 0 Å². The second-order valence-corrected chi connectivity index (χ2v) is 16.1. The van der Waals surface area contributed by atoms with Gasteiger partial charge in [-0.25, -0.2) is 0 Å². The summed E-state index contributed by atoms with van der Waals surface area (Å²) in [6, 6.07) is 43.5. The monoisotopic (exact) mass is 910 g/mol. The average Bonchev–Trinajstić information content (AvgIpc) is 3.80. The lowest BCUT2D eigenvalue weighted by atomic mass is 9.99. The fourth-order valence-corrected chi connectivity index (χ4v) is 8.95. The van der Waals surface area contributed by atoms with E-state index in [-0.39, 0.29) is 0 Å². The van der Waals surface area contributed by atoms with Crippen LogP contribution in [-0.2, 0) is 0 Å². The predicted molar refractivity (Wildman–Crippen MR) is 265 cm³/mol. The molecule has 0 N–H and O–H groups in total.